The number of ether oxygens (including phenoxy) is 5. The van der Waals surface area contributed by atoms with Gasteiger partial charge in [-0.2, -0.15) is 18.2 Å². The first kappa shape index (κ1) is 41.5. The lowest BCUT2D eigenvalue weighted by Crippen LogP contribution is -2.49. The van der Waals surface area contributed by atoms with Crippen LogP contribution in [0, 0.1) is 5.92 Å². The van der Waals surface area contributed by atoms with Crippen molar-refractivity contribution in [2.75, 3.05) is 84.0 Å². The van der Waals surface area contributed by atoms with Crippen LogP contribution in [0.15, 0.2) is 30.6 Å². The number of amides is 1. The summed E-state index contributed by atoms with van der Waals surface area (Å²) < 4.78 is 73.7. The fourth-order valence-corrected chi connectivity index (χ4v) is 7.02. The number of anilines is 1. The first-order valence-electron chi connectivity index (χ1n) is 18.8. The van der Waals surface area contributed by atoms with Gasteiger partial charge in [0.2, 0.25) is 5.88 Å². The average molecular weight is 762 g/mol. The van der Waals surface area contributed by atoms with E-state index in [1.165, 1.54) is 11.0 Å². The summed E-state index contributed by atoms with van der Waals surface area (Å²) in [5, 5.41) is 8.27. The summed E-state index contributed by atoms with van der Waals surface area (Å²) in [5.74, 6) is 1.08. The van der Waals surface area contributed by atoms with Crippen LogP contribution in [0.2, 0.25) is 0 Å². The van der Waals surface area contributed by atoms with E-state index in [2.05, 4.69) is 27.0 Å². The van der Waals surface area contributed by atoms with Crippen LogP contribution < -0.4 is 15.4 Å². The van der Waals surface area contributed by atoms with E-state index in [9.17, 15) is 18.0 Å². The maximum atomic E-state index is 14.6. The van der Waals surface area contributed by atoms with Gasteiger partial charge in [0.15, 0.2) is 0 Å². The van der Waals surface area contributed by atoms with Crippen LogP contribution in [0.3, 0.4) is 0 Å². The number of hydrogen-bond acceptors (Lipinski definition) is 11. The van der Waals surface area contributed by atoms with Crippen molar-refractivity contribution in [1.29, 1.82) is 0 Å². The van der Waals surface area contributed by atoms with Gasteiger partial charge in [-0.15, -0.1) is 10.2 Å². The minimum Gasteiger partial charge on any atom is -0.475 e. The van der Waals surface area contributed by atoms with Gasteiger partial charge in [-0.25, -0.2) is 0 Å². The number of benzene rings is 1. The van der Waals surface area contributed by atoms with Crippen LogP contribution in [-0.4, -0.2) is 110 Å². The van der Waals surface area contributed by atoms with E-state index < -0.39 is 23.1 Å². The first-order chi connectivity index (χ1) is 26.1. The highest BCUT2D eigenvalue weighted by atomic mass is 19.4. The van der Waals surface area contributed by atoms with Crippen molar-refractivity contribution in [3.63, 3.8) is 0 Å². The third-order valence-corrected chi connectivity index (χ3v) is 9.77. The summed E-state index contributed by atoms with van der Waals surface area (Å²) in [7, 11) is 1.86. The Morgan fingerprint density at radius 3 is 2.31 bits per heavy atom. The third kappa shape index (κ3) is 10.3. The van der Waals surface area contributed by atoms with Crippen LogP contribution in [0.4, 0.5) is 19.0 Å². The number of nitrogens with two attached hydrogens (primary N) is 1. The van der Waals surface area contributed by atoms with Gasteiger partial charge in [-0.05, 0) is 60.2 Å². The Morgan fingerprint density at radius 2 is 1.70 bits per heavy atom. The Hall–Kier alpha value is -3.67. The standard InChI is InChI=1S/C36H48F3N7O6.C2H6/c1-25-4-3-6-45(19-25)20-26-14-28-29(30(15-26)36(37,38)39)21-46(34(28)47)31-16-27(35(22-51-23-35)18-32-43-41-24-44(32)2)17-33(42-31)52-13-12-50-11-10-49-9-8-48-7-5-40;1-2/h14-17,24-25H,3-13,18-23,40H2,1-2H3;1-2H3/t25-;/m0./s1. The molecule has 0 bridgehead atoms. The smallest absolute Gasteiger partial charge is 0.416 e. The van der Waals surface area contributed by atoms with E-state index in [0.717, 1.165) is 37.3 Å². The molecule has 13 nitrogen and oxygen atoms in total. The molecule has 1 aromatic carbocycles. The molecular weight excluding hydrogens is 707 g/mol. The monoisotopic (exact) mass is 761 g/mol. The number of carbonyl (C=O) groups is 1. The predicted octanol–water partition coefficient (Wildman–Crippen LogP) is 4.55. The molecule has 2 fully saturated rings. The fraction of sp³-hybridized carbons (Fsp3) is 0.632. The molecule has 2 N–H and O–H groups in total. The zero-order chi connectivity index (χ0) is 38.7. The molecule has 3 aliphatic heterocycles. The van der Waals surface area contributed by atoms with Gasteiger partial charge >= 0.3 is 6.18 Å². The van der Waals surface area contributed by atoms with Gasteiger partial charge in [0.05, 0.1) is 65.0 Å². The summed E-state index contributed by atoms with van der Waals surface area (Å²) >= 11 is 0. The summed E-state index contributed by atoms with van der Waals surface area (Å²) in [6, 6.07) is 6.37. The second kappa shape index (κ2) is 19.3. The number of rotatable bonds is 18. The Labute approximate surface area is 315 Å². The molecule has 3 aliphatic rings. The maximum Gasteiger partial charge on any atom is 0.416 e. The molecule has 6 rings (SSSR count). The molecule has 2 aromatic heterocycles. The Morgan fingerprint density at radius 1 is 1.00 bits per heavy atom. The topological polar surface area (TPSA) is 139 Å². The van der Waals surface area contributed by atoms with Crippen molar-refractivity contribution in [1.82, 2.24) is 24.6 Å². The molecule has 1 amide bonds. The Balaban J connectivity index is 0.00000276. The van der Waals surface area contributed by atoms with Crippen molar-refractivity contribution < 1.29 is 41.7 Å². The quantitative estimate of drug-likeness (QED) is 0.183. The average Bonchev–Trinajstić information content (AvgIpc) is 3.70. The fourth-order valence-electron chi connectivity index (χ4n) is 7.02. The summed E-state index contributed by atoms with van der Waals surface area (Å²) in [6.45, 7) is 11.5. The summed E-state index contributed by atoms with van der Waals surface area (Å²) in [4.78, 5) is 22.2. The van der Waals surface area contributed by atoms with Gasteiger partial charge in [-0.3, -0.25) is 14.6 Å². The van der Waals surface area contributed by atoms with E-state index in [0.29, 0.717) is 77.2 Å². The molecule has 5 heterocycles. The van der Waals surface area contributed by atoms with Gasteiger partial charge in [0.1, 0.15) is 24.6 Å². The summed E-state index contributed by atoms with van der Waals surface area (Å²) in [6.07, 6.45) is -0.444. The zero-order valence-corrected chi connectivity index (χ0v) is 31.8. The number of fused-ring (bicyclic) bond motifs is 1. The molecular formula is C38H54F3N7O6. The molecule has 2 saturated heterocycles. The van der Waals surface area contributed by atoms with Crippen molar-refractivity contribution in [2.45, 2.75) is 64.7 Å². The number of piperidine rings is 1. The lowest BCUT2D eigenvalue weighted by atomic mass is 9.75. The van der Waals surface area contributed by atoms with E-state index in [4.69, 9.17) is 29.4 Å². The molecule has 3 aromatic rings. The third-order valence-electron chi connectivity index (χ3n) is 9.77. The zero-order valence-electron chi connectivity index (χ0n) is 31.8. The van der Waals surface area contributed by atoms with E-state index in [1.807, 2.05) is 25.5 Å². The minimum atomic E-state index is -4.64. The number of carbonyl (C=O) groups excluding carboxylic acids is 1. The minimum absolute atomic E-state index is 0.0480. The molecule has 0 aliphatic carbocycles. The first-order valence-corrected chi connectivity index (χ1v) is 18.8. The van der Waals surface area contributed by atoms with Crippen LogP contribution in [-0.2, 0) is 57.1 Å². The largest absolute Gasteiger partial charge is 0.475 e. The van der Waals surface area contributed by atoms with Crippen LogP contribution in [0.1, 0.15) is 72.0 Å². The van der Waals surface area contributed by atoms with Crippen molar-refractivity contribution in [2.24, 2.45) is 18.7 Å². The van der Waals surface area contributed by atoms with E-state index in [-0.39, 0.29) is 42.6 Å². The molecule has 16 heteroatoms. The maximum absolute atomic E-state index is 14.6. The highest BCUT2D eigenvalue weighted by molar-refractivity contribution is 6.10. The SMILES string of the molecule is CC.C[C@H]1CCCN(Cc2cc3c(c(C(F)(F)F)c2)CN(c2cc(C4(Cc5nncn5C)COC4)cc(OCCOCCOCCOCCN)n2)C3=O)C1. The number of aryl methyl sites for hydroxylation is 1. The van der Waals surface area contributed by atoms with E-state index in [1.54, 1.807) is 24.5 Å². The molecule has 0 saturated carbocycles. The normalized spacial score (nSPS) is 18.3. The number of alkyl halides is 3. The second-order valence-corrected chi connectivity index (χ2v) is 13.9. The van der Waals surface area contributed by atoms with Crippen LogP contribution >= 0.6 is 0 Å². The van der Waals surface area contributed by atoms with Crippen molar-refractivity contribution in [3.05, 3.63) is 64.2 Å². The van der Waals surface area contributed by atoms with Crippen LogP contribution in [0.25, 0.3) is 0 Å². The van der Waals surface area contributed by atoms with Gasteiger partial charge in [-0.1, -0.05) is 20.8 Å². The molecule has 0 spiro atoms. The highest BCUT2D eigenvalue weighted by Crippen LogP contribution is 2.42. The van der Waals surface area contributed by atoms with Crippen LogP contribution in [0.5, 0.6) is 5.88 Å². The molecule has 0 radical (unpaired) electrons. The van der Waals surface area contributed by atoms with E-state index >= 15 is 0 Å². The predicted molar refractivity (Wildman–Crippen MR) is 195 cm³/mol. The number of nitrogens with zero attached hydrogens (tertiary/aromatic N) is 6. The van der Waals surface area contributed by atoms with Gasteiger partial charge in [0.25, 0.3) is 5.91 Å². The number of pyridine rings is 1. The number of halogens is 3. The molecule has 54 heavy (non-hydrogen) atoms. The van der Waals surface area contributed by atoms with Gasteiger partial charge in [0, 0.05) is 50.1 Å². The Bertz CT molecular complexity index is 1670. The summed E-state index contributed by atoms with van der Waals surface area (Å²) in [5.41, 5.74) is 5.32. The second-order valence-electron chi connectivity index (χ2n) is 13.9. The van der Waals surface area contributed by atoms with Gasteiger partial charge < -0.3 is 34.0 Å². The molecule has 0 unspecified atom stereocenters. The lowest BCUT2D eigenvalue weighted by Gasteiger charge is -2.42. The van der Waals surface area contributed by atoms with Crippen molar-refractivity contribution in [3.8, 4) is 5.88 Å². The molecule has 298 valence electrons. The Kier molecular flexibility index (Phi) is 14.8. The number of likely N-dealkylation sites (tertiary alicyclic amines) is 1. The number of aromatic nitrogens is 4. The number of hydrogen-bond donors (Lipinski definition) is 1. The molecule has 1 atom stereocenters. The van der Waals surface area contributed by atoms with Crippen molar-refractivity contribution >= 4 is 11.7 Å². The highest BCUT2D eigenvalue weighted by Gasteiger charge is 2.44. The lowest BCUT2D eigenvalue weighted by molar-refractivity contribution is -0.138.